The van der Waals surface area contributed by atoms with Gasteiger partial charge in [-0.15, -0.1) is 11.6 Å². The zero-order valence-corrected chi connectivity index (χ0v) is 11.3. The summed E-state index contributed by atoms with van der Waals surface area (Å²) in [7, 11) is 0. The molecule has 0 fully saturated rings. The average molecular weight is 264 g/mol. The number of benzene rings is 1. The second kappa shape index (κ2) is 6.62. The van der Waals surface area contributed by atoms with Crippen molar-refractivity contribution >= 4 is 11.6 Å². The molecule has 18 heavy (non-hydrogen) atoms. The SMILES string of the molecule is CCN(Cc1ccccc1)CC(Cl)c1ccco1. The summed E-state index contributed by atoms with van der Waals surface area (Å²) >= 11 is 6.35. The number of hydrogen-bond donors (Lipinski definition) is 0. The van der Waals surface area contributed by atoms with Crippen LogP contribution in [0.4, 0.5) is 0 Å². The molecule has 0 spiro atoms. The number of rotatable bonds is 6. The van der Waals surface area contributed by atoms with E-state index < -0.39 is 0 Å². The van der Waals surface area contributed by atoms with Crippen LogP contribution in [-0.2, 0) is 6.54 Å². The molecule has 1 aromatic carbocycles. The highest BCUT2D eigenvalue weighted by Gasteiger charge is 2.15. The third-order valence-electron chi connectivity index (χ3n) is 2.97. The van der Waals surface area contributed by atoms with Gasteiger partial charge in [-0.1, -0.05) is 37.3 Å². The van der Waals surface area contributed by atoms with E-state index in [1.165, 1.54) is 5.56 Å². The Balaban J connectivity index is 1.93. The quantitative estimate of drug-likeness (QED) is 0.730. The summed E-state index contributed by atoms with van der Waals surface area (Å²) < 4.78 is 5.33. The fraction of sp³-hybridized carbons (Fsp3) is 0.333. The van der Waals surface area contributed by atoms with Gasteiger partial charge in [-0.2, -0.15) is 0 Å². The molecule has 2 rings (SSSR count). The van der Waals surface area contributed by atoms with Crippen molar-refractivity contribution in [3.05, 3.63) is 60.1 Å². The number of likely N-dealkylation sites (N-methyl/N-ethyl adjacent to an activating group) is 1. The number of halogens is 1. The van der Waals surface area contributed by atoms with Gasteiger partial charge in [-0.3, -0.25) is 4.90 Å². The van der Waals surface area contributed by atoms with E-state index in [9.17, 15) is 0 Å². The first-order valence-corrected chi connectivity index (χ1v) is 6.67. The molecule has 2 aromatic rings. The highest BCUT2D eigenvalue weighted by molar-refractivity contribution is 6.20. The number of furan rings is 1. The maximum Gasteiger partial charge on any atom is 0.122 e. The van der Waals surface area contributed by atoms with Crippen LogP contribution in [0.2, 0.25) is 0 Å². The Kier molecular flexibility index (Phi) is 4.85. The summed E-state index contributed by atoms with van der Waals surface area (Å²) in [5, 5.41) is -0.0938. The van der Waals surface area contributed by atoms with Gasteiger partial charge in [0.15, 0.2) is 0 Å². The van der Waals surface area contributed by atoms with Gasteiger partial charge in [0.05, 0.1) is 6.26 Å². The molecule has 1 atom stereocenters. The second-order valence-corrected chi connectivity index (χ2v) is 4.82. The Morgan fingerprint density at radius 1 is 1.17 bits per heavy atom. The van der Waals surface area contributed by atoms with Crippen molar-refractivity contribution in [1.29, 1.82) is 0 Å². The largest absolute Gasteiger partial charge is 0.468 e. The van der Waals surface area contributed by atoms with Crippen molar-refractivity contribution in [3.63, 3.8) is 0 Å². The smallest absolute Gasteiger partial charge is 0.122 e. The third-order valence-corrected chi connectivity index (χ3v) is 3.32. The Labute approximate surface area is 113 Å². The minimum Gasteiger partial charge on any atom is -0.468 e. The molecular formula is C15H18ClNO. The molecule has 96 valence electrons. The molecular weight excluding hydrogens is 246 g/mol. The molecule has 0 bridgehead atoms. The highest BCUT2D eigenvalue weighted by Crippen LogP contribution is 2.22. The summed E-state index contributed by atoms with van der Waals surface area (Å²) in [6.45, 7) is 4.83. The monoisotopic (exact) mass is 263 g/mol. The van der Waals surface area contributed by atoms with E-state index in [2.05, 4.69) is 36.1 Å². The molecule has 1 aromatic heterocycles. The Morgan fingerprint density at radius 3 is 2.56 bits per heavy atom. The number of alkyl halides is 1. The van der Waals surface area contributed by atoms with E-state index in [4.69, 9.17) is 16.0 Å². The van der Waals surface area contributed by atoms with Gasteiger partial charge in [0, 0.05) is 13.1 Å². The van der Waals surface area contributed by atoms with Crippen LogP contribution < -0.4 is 0 Å². The van der Waals surface area contributed by atoms with Crippen LogP contribution in [-0.4, -0.2) is 18.0 Å². The van der Waals surface area contributed by atoms with Gasteiger partial charge in [-0.05, 0) is 24.2 Å². The summed E-state index contributed by atoms with van der Waals surface area (Å²) in [6, 6.07) is 14.2. The van der Waals surface area contributed by atoms with Gasteiger partial charge < -0.3 is 4.42 Å². The lowest BCUT2D eigenvalue weighted by Gasteiger charge is -2.22. The number of hydrogen-bond acceptors (Lipinski definition) is 2. The van der Waals surface area contributed by atoms with Crippen molar-refractivity contribution in [2.45, 2.75) is 18.8 Å². The Hall–Kier alpha value is -1.25. The van der Waals surface area contributed by atoms with E-state index in [1.807, 2.05) is 18.2 Å². The van der Waals surface area contributed by atoms with Crippen LogP contribution in [0.25, 0.3) is 0 Å². The summed E-state index contributed by atoms with van der Waals surface area (Å²) in [5.41, 5.74) is 1.31. The van der Waals surface area contributed by atoms with E-state index in [-0.39, 0.29) is 5.38 Å². The van der Waals surface area contributed by atoms with Crippen LogP contribution in [0.15, 0.2) is 53.1 Å². The predicted octanol–water partition coefficient (Wildman–Crippen LogP) is 4.08. The van der Waals surface area contributed by atoms with Crippen LogP contribution >= 0.6 is 11.6 Å². The summed E-state index contributed by atoms with van der Waals surface area (Å²) in [4.78, 5) is 2.32. The Morgan fingerprint density at radius 2 is 1.94 bits per heavy atom. The van der Waals surface area contributed by atoms with E-state index in [1.54, 1.807) is 6.26 Å². The minimum atomic E-state index is -0.0938. The molecule has 3 heteroatoms. The van der Waals surface area contributed by atoms with Gasteiger partial charge in [0.1, 0.15) is 11.1 Å². The van der Waals surface area contributed by atoms with Crippen LogP contribution in [0.5, 0.6) is 0 Å². The summed E-state index contributed by atoms with van der Waals surface area (Å²) in [5.74, 6) is 0.836. The average Bonchev–Trinajstić information content (AvgIpc) is 2.93. The molecule has 0 aliphatic heterocycles. The molecule has 0 N–H and O–H groups in total. The zero-order chi connectivity index (χ0) is 12.8. The predicted molar refractivity (Wildman–Crippen MR) is 74.7 cm³/mol. The standard InChI is InChI=1S/C15H18ClNO/c1-2-17(11-13-7-4-3-5-8-13)12-14(16)15-9-6-10-18-15/h3-10,14H,2,11-12H2,1H3. The van der Waals surface area contributed by atoms with Crippen molar-refractivity contribution in [1.82, 2.24) is 4.90 Å². The summed E-state index contributed by atoms with van der Waals surface area (Å²) in [6.07, 6.45) is 1.66. The molecule has 2 nitrogen and oxygen atoms in total. The highest BCUT2D eigenvalue weighted by atomic mass is 35.5. The van der Waals surface area contributed by atoms with E-state index >= 15 is 0 Å². The lowest BCUT2D eigenvalue weighted by Crippen LogP contribution is -2.26. The lowest BCUT2D eigenvalue weighted by atomic mass is 10.2. The second-order valence-electron chi connectivity index (χ2n) is 4.30. The molecule has 1 heterocycles. The lowest BCUT2D eigenvalue weighted by molar-refractivity contribution is 0.272. The normalized spacial score (nSPS) is 12.8. The van der Waals surface area contributed by atoms with Crippen molar-refractivity contribution in [2.24, 2.45) is 0 Å². The van der Waals surface area contributed by atoms with E-state index in [0.717, 1.165) is 25.4 Å². The molecule has 0 saturated heterocycles. The van der Waals surface area contributed by atoms with Crippen LogP contribution in [0, 0.1) is 0 Å². The molecule has 0 aliphatic carbocycles. The van der Waals surface area contributed by atoms with Gasteiger partial charge in [-0.25, -0.2) is 0 Å². The zero-order valence-electron chi connectivity index (χ0n) is 10.6. The van der Waals surface area contributed by atoms with Gasteiger partial charge in [0.25, 0.3) is 0 Å². The van der Waals surface area contributed by atoms with Gasteiger partial charge >= 0.3 is 0 Å². The molecule has 0 amide bonds. The first-order valence-electron chi connectivity index (χ1n) is 6.23. The molecule has 0 radical (unpaired) electrons. The molecule has 0 aliphatic rings. The minimum absolute atomic E-state index is 0.0938. The topological polar surface area (TPSA) is 16.4 Å². The van der Waals surface area contributed by atoms with Crippen molar-refractivity contribution < 1.29 is 4.42 Å². The van der Waals surface area contributed by atoms with Crippen molar-refractivity contribution in [2.75, 3.05) is 13.1 Å². The Bertz CT molecular complexity index is 441. The molecule has 1 unspecified atom stereocenters. The first kappa shape index (κ1) is 13.2. The fourth-order valence-electron chi connectivity index (χ4n) is 1.93. The maximum atomic E-state index is 6.35. The number of nitrogens with zero attached hydrogens (tertiary/aromatic N) is 1. The van der Waals surface area contributed by atoms with Crippen molar-refractivity contribution in [3.8, 4) is 0 Å². The van der Waals surface area contributed by atoms with Gasteiger partial charge in [0.2, 0.25) is 0 Å². The van der Waals surface area contributed by atoms with Crippen LogP contribution in [0.3, 0.4) is 0 Å². The fourth-order valence-corrected chi connectivity index (χ4v) is 2.25. The molecule has 0 saturated carbocycles. The maximum absolute atomic E-state index is 6.35. The first-order chi connectivity index (χ1) is 8.79. The van der Waals surface area contributed by atoms with E-state index in [0.29, 0.717) is 0 Å². The third kappa shape index (κ3) is 3.62. The van der Waals surface area contributed by atoms with Crippen LogP contribution in [0.1, 0.15) is 23.6 Å².